The number of alkyl carbamates (subject to hydrolysis) is 1. The molecule has 1 aliphatic carbocycles. The van der Waals surface area contributed by atoms with Crippen LogP contribution in [0.1, 0.15) is 120 Å². The first kappa shape index (κ1) is 79.0. The van der Waals surface area contributed by atoms with E-state index in [9.17, 15) is 51.6 Å². The number of nitrogens with one attached hydrogen (secondary N) is 9. The number of hydrogen-bond acceptors (Lipinski definition) is 15. The number of guanidine groups is 1. The van der Waals surface area contributed by atoms with Crippen LogP contribution in [-0.4, -0.2) is 134 Å². The summed E-state index contributed by atoms with van der Waals surface area (Å²) in [5, 5.41) is 21.9. The van der Waals surface area contributed by atoms with Gasteiger partial charge in [-0.1, -0.05) is 186 Å². The maximum absolute atomic E-state index is 14.7. The predicted octanol–water partition coefficient (Wildman–Crippen LogP) is 6.10. The highest BCUT2D eigenvalue weighted by atomic mass is 32.2. The van der Waals surface area contributed by atoms with Crippen LogP contribution in [0.2, 0.25) is 0 Å². The molecule has 0 bridgehead atoms. The second kappa shape index (κ2) is 40.8. The molecular weight excluding hydrogens is 1320 g/mol. The molecule has 0 unspecified atom stereocenters. The van der Waals surface area contributed by atoms with E-state index in [4.69, 9.17) is 16.2 Å². The largest absolute Gasteiger partial charge is 0.445 e. The molecule has 1 fully saturated rings. The fourth-order valence-corrected chi connectivity index (χ4v) is 14.4. The minimum absolute atomic E-state index is 0.000273. The van der Waals surface area contributed by atoms with Crippen LogP contribution in [0.15, 0.2) is 155 Å². The summed E-state index contributed by atoms with van der Waals surface area (Å²) in [4.78, 5) is 130. The Bertz CT molecular complexity index is 3570. The van der Waals surface area contributed by atoms with Crippen molar-refractivity contribution in [3.8, 4) is 0 Å². The van der Waals surface area contributed by atoms with E-state index in [-0.39, 0.29) is 91.5 Å². The monoisotopic (exact) mass is 1420 g/mol. The number of aryl methyl sites for hydroxylation is 1. The fourth-order valence-electron chi connectivity index (χ4n) is 11.0. The molecule has 24 nitrogen and oxygen atoms in total. The normalized spacial score (nSPS) is 14.7. The number of ether oxygens (including phenoxy) is 1. The molecule has 99 heavy (non-hydrogen) atoms. The van der Waals surface area contributed by atoms with Crippen LogP contribution in [0.5, 0.6) is 0 Å². The molecule has 1 saturated carbocycles. The Kier molecular flexibility index (Phi) is 32.6. The summed E-state index contributed by atoms with van der Waals surface area (Å²) in [5.41, 5.74) is 15.9. The third kappa shape index (κ3) is 28.4. The maximum Gasteiger partial charge on any atom is 0.408 e. The van der Waals surface area contributed by atoms with E-state index >= 15 is 0 Å². The highest BCUT2D eigenvalue weighted by Crippen LogP contribution is 2.44. The summed E-state index contributed by atoms with van der Waals surface area (Å²) < 4.78 is 33.1. The fraction of sp³-hybridized carbons (Fsp3) is 0.444. The van der Waals surface area contributed by atoms with Crippen molar-refractivity contribution in [1.29, 1.82) is 0 Å². The molecule has 9 amide bonds. The molecule has 1 aliphatic rings. The molecule has 0 heterocycles. The molecule has 5 aromatic rings. The number of thioether (sulfide) groups is 2. The molecular formula is C72H96N12O12S3. The van der Waals surface area contributed by atoms with Crippen molar-refractivity contribution in [2.24, 2.45) is 28.3 Å². The van der Waals surface area contributed by atoms with Gasteiger partial charge < -0.3 is 58.7 Å². The second-order valence-corrected chi connectivity index (χ2v) is 29.5. The van der Waals surface area contributed by atoms with Gasteiger partial charge in [-0.2, -0.15) is 11.8 Å². The van der Waals surface area contributed by atoms with Gasteiger partial charge >= 0.3 is 6.09 Å². The van der Waals surface area contributed by atoms with E-state index in [2.05, 4.69) is 64.4 Å². The van der Waals surface area contributed by atoms with E-state index in [1.807, 2.05) is 75.4 Å². The zero-order valence-corrected chi connectivity index (χ0v) is 59.4. The molecule has 27 heteroatoms. The minimum Gasteiger partial charge on any atom is -0.445 e. The van der Waals surface area contributed by atoms with Gasteiger partial charge in [-0.15, -0.1) is 11.8 Å². The average molecular weight is 1420 g/mol. The number of hydrogen-bond donors (Lipinski definition) is 11. The Morgan fingerprint density at radius 1 is 0.566 bits per heavy atom. The molecule has 0 saturated heterocycles. The van der Waals surface area contributed by atoms with Crippen LogP contribution >= 0.6 is 23.5 Å². The highest BCUT2D eigenvalue weighted by molar-refractivity contribution is 8.00. The van der Waals surface area contributed by atoms with Crippen LogP contribution in [0.3, 0.4) is 0 Å². The number of carbonyl (C=O) groups is 9. The summed E-state index contributed by atoms with van der Waals surface area (Å²) in [6.45, 7) is 8.50. The van der Waals surface area contributed by atoms with Crippen molar-refractivity contribution in [2.75, 3.05) is 25.4 Å². The summed E-state index contributed by atoms with van der Waals surface area (Å²) in [5.74, 6) is -5.65. The van der Waals surface area contributed by atoms with Gasteiger partial charge in [0.25, 0.3) is 10.0 Å². The number of aliphatic imine (C=N–C) groups is 1. The van der Waals surface area contributed by atoms with Gasteiger partial charge in [0.05, 0.1) is 11.3 Å². The lowest BCUT2D eigenvalue weighted by Crippen LogP contribution is -2.61. The Balaban J connectivity index is 1.11. The standard InChI is InChI=1S/C72H96N12O12S3/c1-48(2)40-57(78-62(86)43-72(35-19-10-20-36-72)98-46-54-28-17-9-18-29-54)66(89)79-58(41-51-22-11-6-12-23-51)68(91)83-63(49(3)4)69(92)80-59(42-61(73)85)67(90)81-60(47-97-45-53-26-15-8-16-27-53)65(88)76-39-38-75-64(87)56(82-71(93)96-44-52-24-13-7-14-25-52)30-21-37-77-70(74)84-99(94,95)55-33-31-50(5)32-34-55/h6-9,11-18,22-29,31-34,48-49,56-60,63H,10,19-21,30,35-47H2,1-5H3,(H2,73,85)(H,75,87)(H,76,88)(H,78,86)(H,79,89)(H,80,92)(H,81,90)(H,82,93)(H,83,91)(H3,74,77,84)/t56-,57+,58-,59-,60-,63-/m0/s1. The number of nitrogens with zero attached hydrogens (tertiary/aromatic N) is 1. The summed E-state index contributed by atoms with van der Waals surface area (Å²) >= 11 is 3.08. The Morgan fingerprint density at radius 2 is 1.09 bits per heavy atom. The van der Waals surface area contributed by atoms with Crippen LogP contribution in [-0.2, 0) is 77.6 Å². The molecule has 13 N–H and O–H groups in total. The van der Waals surface area contributed by atoms with Crippen molar-refractivity contribution in [2.45, 2.75) is 169 Å². The first-order valence-electron chi connectivity index (χ1n) is 33.4. The van der Waals surface area contributed by atoms with E-state index in [0.29, 0.717) is 16.9 Å². The van der Waals surface area contributed by atoms with Crippen molar-refractivity contribution < 1.29 is 56.3 Å². The summed E-state index contributed by atoms with van der Waals surface area (Å²) in [6, 6.07) is 35.6. The van der Waals surface area contributed by atoms with Gasteiger partial charge in [0, 0.05) is 54.5 Å². The number of sulfonamides is 1. The molecule has 6 rings (SSSR count). The topological polar surface area (TPSA) is 370 Å². The van der Waals surface area contributed by atoms with Crippen molar-refractivity contribution in [1.82, 2.24) is 47.3 Å². The van der Waals surface area contributed by atoms with Crippen LogP contribution < -0.4 is 58.7 Å². The zero-order chi connectivity index (χ0) is 71.7. The molecule has 0 radical (unpaired) electrons. The lowest BCUT2D eigenvalue weighted by Gasteiger charge is -2.37. The minimum atomic E-state index is -4.04. The molecule has 0 aliphatic heterocycles. The van der Waals surface area contributed by atoms with Gasteiger partial charge in [-0.25, -0.2) is 17.9 Å². The Labute approximate surface area is 589 Å². The first-order chi connectivity index (χ1) is 47.4. The Hall–Kier alpha value is -8.95. The number of nitrogens with two attached hydrogens (primary N) is 2. The van der Waals surface area contributed by atoms with Gasteiger partial charge in [0.1, 0.15) is 42.9 Å². The van der Waals surface area contributed by atoms with Gasteiger partial charge in [0.15, 0.2) is 0 Å². The smallest absolute Gasteiger partial charge is 0.408 e. The molecule has 0 spiro atoms. The molecule has 6 atom stereocenters. The molecule has 534 valence electrons. The number of rotatable bonds is 39. The molecule has 0 aromatic heterocycles. The Morgan fingerprint density at radius 3 is 1.67 bits per heavy atom. The van der Waals surface area contributed by atoms with Crippen molar-refractivity contribution in [3.05, 3.63) is 173 Å². The van der Waals surface area contributed by atoms with Crippen LogP contribution in [0.25, 0.3) is 0 Å². The highest BCUT2D eigenvalue weighted by Gasteiger charge is 2.38. The van der Waals surface area contributed by atoms with Gasteiger partial charge in [-0.3, -0.25) is 43.3 Å². The van der Waals surface area contributed by atoms with Crippen LogP contribution in [0.4, 0.5) is 4.79 Å². The quantitative estimate of drug-likeness (QED) is 0.0120. The third-order valence-electron chi connectivity index (χ3n) is 16.3. The van der Waals surface area contributed by atoms with Gasteiger partial charge in [0.2, 0.25) is 53.2 Å². The van der Waals surface area contributed by atoms with E-state index in [0.717, 1.165) is 54.5 Å². The zero-order valence-electron chi connectivity index (χ0n) is 56.9. The maximum atomic E-state index is 14.7. The summed E-state index contributed by atoms with van der Waals surface area (Å²) in [6.07, 6.45) is 3.80. The number of benzene rings is 5. The van der Waals surface area contributed by atoms with E-state index in [1.54, 1.807) is 92.3 Å². The van der Waals surface area contributed by atoms with Crippen molar-refractivity contribution >= 4 is 92.9 Å². The number of carbonyl (C=O) groups excluding carboxylic acids is 9. The first-order valence-corrected chi connectivity index (χ1v) is 37.0. The lowest BCUT2D eigenvalue weighted by molar-refractivity contribution is -0.136. The summed E-state index contributed by atoms with van der Waals surface area (Å²) in [7, 11) is -4.04. The lowest BCUT2D eigenvalue weighted by atomic mass is 9.85. The number of primary amides is 1. The number of amides is 9. The third-order valence-corrected chi connectivity index (χ3v) is 20.4. The van der Waals surface area contributed by atoms with Crippen molar-refractivity contribution in [3.63, 3.8) is 0 Å². The molecule has 5 aromatic carbocycles. The van der Waals surface area contributed by atoms with Crippen LogP contribution in [0, 0.1) is 18.8 Å². The average Bonchev–Trinajstić information content (AvgIpc) is 0.851. The van der Waals surface area contributed by atoms with E-state index < -0.39 is 106 Å². The predicted molar refractivity (Wildman–Crippen MR) is 385 cm³/mol. The van der Waals surface area contributed by atoms with E-state index in [1.165, 1.54) is 23.9 Å². The SMILES string of the molecule is Cc1ccc(S(=O)(=O)NC(N)=NCCC[C@H](NC(=O)OCc2ccccc2)C(=O)NCCNC(=O)[C@H](CSCc2ccccc2)NC(=O)[C@H](CC(N)=O)NC(=O)[C@@H](NC(=O)[C@H](Cc2ccccc2)NC(=O)[C@@H](CC(C)C)NC(=O)CC2(SCc3ccccc3)CCCCC2)C(C)C)cc1. The van der Waals surface area contributed by atoms with Gasteiger partial charge in [-0.05, 0) is 85.3 Å². The second-order valence-electron chi connectivity index (χ2n) is 25.4.